The van der Waals surface area contributed by atoms with E-state index < -0.39 is 0 Å². The number of rotatable bonds is 4. The van der Waals surface area contributed by atoms with Crippen LogP contribution in [0.4, 0.5) is 11.4 Å². The monoisotopic (exact) mass is 334 g/mol. The van der Waals surface area contributed by atoms with Gasteiger partial charge in [-0.3, -0.25) is 10.1 Å². The number of nitrogens with zero attached hydrogens (tertiary/aromatic N) is 1. The average Bonchev–Trinajstić information content (AvgIpc) is 2.39. The topological polar surface area (TPSA) is 55.2 Å². The van der Waals surface area contributed by atoms with Gasteiger partial charge in [0.05, 0.1) is 9.40 Å². The SMILES string of the molecule is Cc1ccc(NCc2ccc(Br)c([N+](=O)[O-])c2)c(C)c1. The molecule has 5 heteroatoms. The molecular formula is C15H15BrN2O2. The molecule has 0 aliphatic rings. The number of aryl methyl sites for hydroxylation is 2. The Morgan fingerprint density at radius 1 is 1.20 bits per heavy atom. The molecule has 0 saturated carbocycles. The van der Waals surface area contributed by atoms with E-state index in [1.54, 1.807) is 12.1 Å². The quantitative estimate of drug-likeness (QED) is 0.657. The third kappa shape index (κ3) is 3.36. The minimum absolute atomic E-state index is 0.0879. The Labute approximate surface area is 126 Å². The van der Waals surface area contributed by atoms with E-state index in [4.69, 9.17) is 0 Å². The van der Waals surface area contributed by atoms with Gasteiger partial charge in [0.1, 0.15) is 0 Å². The van der Waals surface area contributed by atoms with E-state index in [0.29, 0.717) is 11.0 Å². The second-order valence-corrected chi connectivity index (χ2v) is 5.57. The van der Waals surface area contributed by atoms with Gasteiger partial charge < -0.3 is 5.32 Å². The molecule has 0 saturated heterocycles. The summed E-state index contributed by atoms with van der Waals surface area (Å²) in [6.07, 6.45) is 0. The van der Waals surface area contributed by atoms with Crippen LogP contribution in [0.1, 0.15) is 16.7 Å². The Balaban J connectivity index is 2.15. The van der Waals surface area contributed by atoms with Crippen molar-refractivity contribution in [3.8, 4) is 0 Å². The first kappa shape index (κ1) is 14.5. The summed E-state index contributed by atoms with van der Waals surface area (Å²) in [4.78, 5) is 10.5. The van der Waals surface area contributed by atoms with Crippen molar-refractivity contribution in [2.45, 2.75) is 20.4 Å². The smallest absolute Gasteiger partial charge is 0.283 e. The van der Waals surface area contributed by atoms with E-state index in [-0.39, 0.29) is 10.6 Å². The Bertz CT molecular complexity index is 656. The predicted molar refractivity (Wildman–Crippen MR) is 84.0 cm³/mol. The summed E-state index contributed by atoms with van der Waals surface area (Å²) in [6, 6.07) is 11.3. The lowest BCUT2D eigenvalue weighted by Gasteiger charge is -2.10. The molecule has 0 aromatic heterocycles. The van der Waals surface area contributed by atoms with Crippen LogP contribution in [0, 0.1) is 24.0 Å². The van der Waals surface area contributed by atoms with Crippen molar-refractivity contribution in [2.75, 3.05) is 5.32 Å². The fraction of sp³-hybridized carbons (Fsp3) is 0.200. The summed E-state index contributed by atoms with van der Waals surface area (Å²) in [5, 5.41) is 14.2. The van der Waals surface area contributed by atoms with Crippen LogP contribution < -0.4 is 5.32 Å². The van der Waals surface area contributed by atoms with E-state index in [1.165, 1.54) is 5.56 Å². The summed E-state index contributed by atoms with van der Waals surface area (Å²) in [5.41, 5.74) is 4.38. The molecule has 0 atom stereocenters. The summed E-state index contributed by atoms with van der Waals surface area (Å²) in [6.45, 7) is 4.65. The van der Waals surface area contributed by atoms with E-state index in [9.17, 15) is 10.1 Å². The Morgan fingerprint density at radius 2 is 1.95 bits per heavy atom. The molecule has 104 valence electrons. The van der Waals surface area contributed by atoms with Crippen LogP contribution in [0.2, 0.25) is 0 Å². The largest absolute Gasteiger partial charge is 0.381 e. The molecule has 2 rings (SSSR count). The van der Waals surface area contributed by atoms with Gasteiger partial charge in [-0.15, -0.1) is 0 Å². The third-order valence-electron chi connectivity index (χ3n) is 3.07. The minimum atomic E-state index is -0.384. The van der Waals surface area contributed by atoms with Gasteiger partial charge in [-0.2, -0.15) is 0 Å². The zero-order chi connectivity index (χ0) is 14.7. The van der Waals surface area contributed by atoms with Gasteiger partial charge in [0.2, 0.25) is 0 Å². The number of anilines is 1. The molecule has 20 heavy (non-hydrogen) atoms. The lowest BCUT2D eigenvalue weighted by molar-refractivity contribution is -0.385. The summed E-state index contributed by atoms with van der Waals surface area (Å²) in [7, 11) is 0. The van der Waals surface area contributed by atoms with Crippen LogP contribution >= 0.6 is 15.9 Å². The van der Waals surface area contributed by atoms with Gasteiger partial charge in [-0.1, -0.05) is 23.8 Å². The normalized spacial score (nSPS) is 10.3. The van der Waals surface area contributed by atoms with Crippen LogP contribution in [-0.4, -0.2) is 4.92 Å². The van der Waals surface area contributed by atoms with E-state index in [1.807, 2.05) is 25.1 Å². The number of benzene rings is 2. The average molecular weight is 335 g/mol. The van der Waals surface area contributed by atoms with Crippen LogP contribution in [0.3, 0.4) is 0 Å². The molecule has 0 bridgehead atoms. The molecule has 0 radical (unpaired) electrons. The summed E-state index contributed by atoms with van der Waals surface area (Å²) < 4.78 is 0.498. The highest BCUT2D eigenvalue weighted by Gasteiger charge is 2.12. The first-order chi connectivity index (χ1) is 9.47. The van der Waals surface area contributed by atoms with Crippen molar-refractivity contribution >= 4 is 27.3 Å². The number of hydrogen-bond donors (Lipinski definition) is 1. The first-order valence-electron chi connectivity index (χ1n) is 6.21. The van der Waals surface area contributed by atoms with Gasteiger partial charge in [-0.25, -0.2) is 0 Å². The van der Waals surface area contributed by atoms with Gasteiger partial charge in [0.15, 0.2) is 0 Å². The van der Waals surface area contributed by atoms with Crippen molar-refractivity contribution in [3.05, 3.63) is 67.7 Å². The van der Waals surface area contributed by atoms with Crippen molar-refractivity contribution in [2.24, 2.45) is 0 Å². The molecule has 0 fully saturated rings. The van der Waals surface area contributed by atoms with Gasteiger partial charge in [0.25, 0.3) is 5.69 Å². The standard InChI is InChI=1S/C15H15BrN2O2/c1-10-3-6-14(11(2)7-10)17-9-12-4-5-13(16)15(8-12)18(19)20/h3-8,17H,9H2,1-2H3. The molecule has 2 aromatic carbocycles. The van der Waals surface area contributed by atoms with Crippen molar-refractivity contribution in [1.29, 1.82) is 0 Å². The van der Waals surface area contributed by atoms with Crippen molar-refractivity contribution < 1.29 is 4.92 Å². The van der Waals surface area contributed by atoms with Crippen LogP contribution in [0.25, 0.3) is 0 Å². The second-order valence-electron chi connectivity index (χ2n) is 4.71. The lowest BCUT2D eigenvalue weighted by Crippen LogP contribution is -2.02. The molecule has 0 unspecified atom stereocenters. The van der Waals surface area contributed by atoms with Gasteiger partial charge >= 0.3 is 0 Å². The van der Waals surface area contributed by atoms with Gasteiger partial charge in [-0.05, 0) is 53.0 Å². The zero-order valence-corrected chi connectivity index (χ0v) is 12.9. The Kier molecular flexibility index (Phi) is 4.39. The van der Waals surface area contributed by atoms with Gasteiger partial charge in [0, 0.05) is 18.3 Å². The molecule has 1 N–H and O–H groups in total. The Morgan fingerprint density at radius 3 is 2.60 bits per heavy atom. The molecular weight excluding hydrogens is 320 g/mol. The number of halogens is 1. The number of hydrogen-bond acceptors (Lipinski definition) is 3. The lowest BCUT2D eigenvalue weighted by atomic mass is 10.1. The minimum Gasteiger partial charge on any atom is -0.381 e. The molecule has 2 aromatic rings. The summed E-state index contributed by atoms with van der Waals surface area (Å²) in [5.74, 6) is 0. The second kappa shape index (κ2) is 6.05. The predicted octanol–water partition coefficient (Wildman–Crippen LogP) is 4.59. The van der Waals surface area contributed by atoms with Crippen molar-refractivity contribution in [3.63, 3.8) is 0 Å². The molecule has 0 aliphatic heterocycles. The third-order valence-corrected chi connectivity index (χ3v) is 3.74. The highest BCUT2D eigenvalue weighted by molar-refractivity contribution is 9.10. The number of nitrogens with one attached hydrogen (secondary N) is 1. The maximum absolute atomic E-state index is 10.9. The fourth-order valence-electron chi connectivity index (χ4n) is 2.02. The highest BCUT2D eigenvalue weighted by Crippen LogP contribution is 2.26. The van der Waals surface area contributed by atoms with E-state index in [2.05, 4.69) is 34.2 Å². The molecule has 0 aliphatic carbocycles. The van der Waals surface area contributed by atoms with Crippen LogP contribution in [0.5, 0.6) is 0 Å². The first-order valence-corrected chi connectivity index (χ1v) is 7.00. The highest BCUT2D eigenvalue weighted by atomic mass is 79.9. The maximum atomic E-state index is 10.9. The summed E-state index contributed by atoms with van der Waals surface area (Å²) >= 11 is 3.18. The Hall–Kier alpha value is -1.88. The zero-order valence-electron chi connectivity index (χ0n) is 11.3. The van der Waals surface area contributed by atoms with Crippen molar-refractivity contribution in [1.82, 2.24) is 0 Å². The molecule has 0 amide bonds. The molecule has 0 spiro atoms. The fourth-order valence-corrected chi connectivity index (χ4v) is 2.41. The van der Waals surface area contributed by atoms with E-state index in [0.717, 1.165) is 16.8 Å². The van der Waals surface area contributed by atoms with Crippen LogP contribution in [0.15, 0.2) is 40.9 Å². The number of nitro benzene ring substituents is 1. The maximum Gasteiger partial charge on any atom is 0.283 e. The molecule has 4 nitrogen and oxygen atoms in total. The van der Waals surface area contributed by atoms with E-state index >= 15 is 0 Å². The van der Waals surface area contributed by atoms with Crippen LogP contribution in [-0.2, 0) is 6.54 Å². The number of nitro groups is 1. The molecule has 0 heterocycles.